The van der Waals surface area contributed by atoms with E-state index >= 15 is 0 Å². The van der Waals surface area contributed by atoms with Crippen LogP contribution in [0.3, 0.4) is 0 Å². The second-order valence-electron chi connectivity index (χ2n) is 10.7. The van der Waals surface area contributed by atoms with E-state index in [9.17, 15) is 23.6 Å². The quantitative estimate of drug-likeness (QED) is 0.323. The summed E-state index contributed by atoms with van der Waals surface area (Å²) in [5, 5.41) is 3.30. The zero-order valence-electron chi connectivity index (χ0n) is 23.4. The van der Waals surface area contributed by atoms with Crippen LogP contribution in [-0.2, 0) is 27.4 Å². The second-order valence-corrected chi connectivity index (χ2v) is 14.2. The SMILES string of the molecule is CC(=O)c1cn(CC(=O)N2C[SiH](C)C[C@H]2C(=O)NCc2cccc(Cl)c2F)c2ccc(OC(=O)N3CCOCC3)cc12. The van der Waals surface area contributed by atoms with Crippen molar-refractivity contribution in [2.24, 2.45) is 0 Å². The zero-order chi connectivity index (χ0) is 30.0. The van der Waals surface area contributed by atoms with E-state index in [1.807, 2.05) is 0 Å². The highest BCUT2D eigenvalue weighted by molar-refractivity contribution is 6.59. The van der Waals surface area contributed by atoms with Crippen molar-refractivity contribution in [3.63, 3.8) is 0 Å². The van der Waals surface area contributed by atoms with Gasteiger partial charge in [0.05, 0.1) is 27.0 Å². The topological polar surface area (TPSA) is 110 Å². The summed E-state index contributed by atoms with van der Waals surface area (Å²) in [6.45, 7) is 5.18. The number of amides is 3. The molecule has 0 radical (unpaired) electrons. The minimum Gasteiger partial charge on any atom is -0.410 e. The van der Waals surface area contributed by atoms with Crippen LogP contribution in [0.15, 0.2) is 42.6 Å². The van der Waals surface area contributed by atoms with Gasteiger partial charge in [-0.15, -0.1) is 0 Å². The number of halogens is 2. The number of hydrogen-bond acceptors (Lipinski definition) is 6. The molecule has 2 fully saturated rings. The lowest BCUT2D eigenvalue weighted by molar-refractivity contribution is -0.138. The maximum absolute atomic E-state index is 14.3. The molecule has 3 aromatic rings. The smallest absolute Gasteiger partial charge is 0.410 e. The first-order valence-corrected chi connectivity index (χ1v) is 17.0. The van der Waals surface area contributed by atoms with Crippen molar-refractivity contribution < 1.29 is 33.0 Å². The van der Waals surface area contributed by atoms with Crippen molar-refractivity contribution in [3.05, 3.63) is 64.6 Å². The van der Waals surface area contributed by atoms with Crippen LogP contribution in [0, 0.1) is 5.82 Å². The van der Waals surface area contributed by atoms with Gasteiger partial charge >= 0.3 is 6.09 Å². The first-order valence-electron chi connectivity index (χ1n) is 13.8. The molecular weight excluding hydrogens is 583 g/mol. The van der Waals surface area contributed by atoms with Crippen LogP contribution in [0.25, 0.3) is 10.9 Å². The summed E-state index contributed by atoms with van der Waals surface area (Å²) in [5.41, 5.74) is 1.29. The van der Waals surface area contributed by atoms with Gasteiger partial charge in [-0.1, -0.05) is 30.3 Å². The number of benzene rings is 2. The number of hydrogen-bond donors (Lipinski definition) is 1. The van der Waals surface area contributed by atoms with Crippen molar-refractivity contribution in [2.45, 2.75) is 38.6 Å². The van der Waals surface area contributed by atoms with Crippen LogP contribution in [0.5, 0.6) is 5.75 Å². The Hall–Kier alpha value is -3.74. The minimum atomic E-state index is -1.37. The highest BCUT2D eigenvalue weighted by Crippen LogP contribution is 2.28. The van der Waals surface area contributed by atoms with E-state index in [4.69, 9.17) is 21.1 Å². The average molecular weight is 615 g/mol. The number of rotatable bonds is 7. The number of nitrogens with one attached hydrogen (secondary N) is 1. The fourth-order valence-corrected chi connectivity index (χ4v) is 8.16. The molecule has 5 rings (SSSR count). The Kier molecular flexibility index (Phi) is 8.95. The highest BCUT2D eigenvalue weighted by atomic mass is 35.5. The molecule has 10 nitrogen and oxygen atoms in total. The minimum absolute atomic E-state index is 0.0216. The molecule has 0 spiro atoms. The molecule has 1 aromatic heterocycles. The summed E-state index contributed by atoms with van der Waals surface area (Å²) < 4.78 is 26.8. The number of ketones is 1. The van der Waals surface area contributed by atoms with E-state index < -0.39 is 26.7 Å². The molecule has 2 atom stereocenters. The van der Waals surface area contributed by atoms with Crippen LogP contribution < -0.4 is 10.1 Å². The molecular formula is C29H32ClFN4O6Si. The molecule has 2 saturated heterocycles. The number of aromatic nitrogens is 1. The second kappa shape index (κ2) is 12.6. The molecule has 1 N–H and O–H groups in total. The molecule has 3 heterocycles. The maximum Gasteiger partial charge on any atom is 0.415 e. The Morgan fingerprint density at radius 1 is 1.17 bits per heavy atom. The number of carbonyl (C=O) groups is 4. The van der Waals surface area contributed by atoms with Crippen LogP contribution in [0.4, 0.5) is 9.18 Å². The van der Waals surface area contributed by atoms with Crippen LogP contribution in [0.1, 0.15) is 22.8 Å². The monoisotopic (exact) mass is 614 g/mol. The summed E-state index contributed by atoms with van der Waals surface area (Å²) in [6, 6.07) is 9.52. The van der Waals surface area contributed by atoms with Gasteiger partial charge in [0.2, 0.25) is 11.8 Å². The Bertz CT molecular complexity index is 1540. The van der Waals surface area contributed by atoms with Gasteiger partial charge in [0.25, 0.3) is 0 Å². The fraction of sp³-hybridized carbons (Fsp3) is 0.379. The maximum atomic E-state index is 14.3. The molecule has 3 amide bonds. The number of carbonyl (C=O) groups excluding carboxylic acids is 4. The fourth-order valence-electron chi connectivity index (χ4n) is 5.45. The summed E-state index contributed by atoms with van der Waals surface area (Å²) in [6.07, 6.45) is 1.65. The van der Waals surface area contributed by atoms with Crippen LogP contribution in [0.2, 0.25) is 17.6 Å². The van der Waals surface area contributed by atoms with Crippen LogP contribution in [-0.4, -0.2) is 85.4 Å². The van der Waals surface area contributed by atoms with Crippen molar-refractivity contribution in [1.82, 2.24) is 19.7 Å². The molecule has 42 heavy (non-hydrogen) atoms. The highest BCUT2D eigenvalue weighted by Gasteiger charge is 2.38. The van der Waals surface area contributed by atoms with Crippen molar-refractivity contribution >= 4 is 55.0 Å². The molecule has 0 saturated carbocycles. The summed E-state index contributed by atoms with van der Waals surface area (Å²) in [5.74, 6) is -1.08. The summed E-state index contributed by atoms with van der Waals surface area (Å²) >= 11 is 5.86. The van der Waals surface area contributed by atoms with Crippen molar-refractivity contribution in [2.75, 3.05) is 32.5 Å². The van der Waals surface area contributed by atoms with E-state index in [1.54, 1.807) is 50.9 Å². The zero-order valence-corrected chi connectivity index (χ0v) is 25.3. The van der Waals surface area contributed by atoms with Crippen LogP contribution >= 0.6 is 11.6 Å². The molecule has 0 aliphatic carbocycles. The van der Waals surface area contributed by atoms with Crippen molar-refractivity contribution in [1.29, 1.82) is 0 Å². The lowest BCUT2D eigenvalue weighted by Crippen LogP contribution is -2.46. The van der Waals surface area contributed by atoms with Gasteiger partial charge in [-0.05, 0) is 37.2 Å². The normalized spacial score (nSPS) is 18.8. The third kappa shape index (κ3) is 6.35. The van der Waals surface area contributed by atoms with E-state index in [-0.39, 0.29) is 47.0 Å². The Morgan fingerprint density at radius 3 is 2.67 bits per heavy atom. The first-order chi connectivity index (χ1) is 20.1. The average Bonchev–Trinajstić information content (AvgIpc) is 3.54. The van der Waals surface area contributed by atoms with Gasteiger partial charge < -0.3 is 29.2 Å². The van der Waals surface area contributed by atoms with E-state index in [0.29, 0.717) is 55.0 Å². The summed E-state index contributed by atoms with van der Waals surface area (Å²) in [4.78, 5) is 54.9. The van der Waals surface area contributed by atoms with Gasteiger partial charge in [-0.3, -0.25) is 14.4 Å². The number of morpholine rings is 1. The lowest BCUT2D eigenvalue weighted by Gasteiger charge is -2.25. The van der Waals surface area contributed by atoms with Gasteiger partial charge in [-0.25, -0.2) is 9.18 Å². The molecule has 0 bridgehead atoms. The number of Topliss-reactive ketones (excluding diaryl/α,β-unsaturated/α-hetero) is 1. The van der Waals surface area contributed by atoms with E-state index in [1.165, 1.54) is 13.0 Å². The number of nitrogens with zero attached hydrogens (tertiary/aromatic N) is 3. The standard InChI is InChI=1S/C29H32ClFN4O6Si/c1-18(36)22-14-34(24-7-6-20(12-21(22)24)41-29(39)33-8-10-40-11-9-33)15-26(37)35-17-42(2)16-25(35)28(38)32-13-19-4-3-5-23(30)27(19)31/h3-7,12,14,25,42H,8-11,13,15-17H2,1-2H3,(H,32,38)/t25-,42?/m0/s1. The predicted octanol–water partition coefficient (Wildman–Crippen LogP) is 3.39. The Morgan fingerprint density at radius 2 is 1.93 bits per heavy atom. The lowest BCUT2D eigenvalue weighted by atomic mass is 10.1. The van der Waals surface area contributed by atoms with E-state index in [0.717, 1.165) is 0 Å². The number of ether oxygens (including phenoxy) is 2. The summed E-state index contributed by atoms with van der Waals surface area (Å²) in [7, 11) is -1.37. The largest absolute Gasteiger partial charge is 0.415 e. The third-order valence-electron chi connectivity index (χ3n) is 7.63. The third-order valence-corrected chi connectivity index (χ3v) is 10.2. The van der Waals surface area contributed by atoms with Gasteiger partial charge in [-0.2, -0.15) is 0 Å². The first kappa shape index (κ1) is 29.7. The predicted molar refractivity (Wildman–Crippen MR) is 157 cm³/mol. The van der Waals surface area contributed by atoms with Crippen molar-refractivity contribution in [3.8, 4) is 5.75 Å². The molecule has 222 valence electrons. The molecule has 2 aliphatic heterocycles. The molecule has 2 aromatic carbocycles. The van der Waals surface area contributed by atoms with Gasteiger partial charge in [0.1, 0.15) is 24.2 Å². The molecule has 1 unspecified atom stereocenters. The number of fused-ring (bicyclic) bond motifs is 1. The van der Waals surface area contributed by atoms with E-state index in [2.05, 4.69) is 11.9 Å². The molecule has 2 aliphatic rings. The van der Waals surface area contributed by atoms with Gasteiger partial charge in [0, 0.05) is 54.0 Å². The Balaban J connectivity index is 1.31. The van der Waals surface area contributed by atoms with Gasteiger partial charge in [0.15, 0.2) is 5.78 Å². The molecule has 13 heteroatoms. The Labute approximate surface area is 248 Å².